The van der Waals surface area contributed by atoms with Crippen molar-refractivity contribution in [1.82, 2.24) is 5.32 Å². The summed E-state index contributed by atoms with van der Waals surface area (Å²) in [6, 6.07) is 23.1. The van der Waals surface area contributed by atoms with Gasteiger partial charge in [0.1, 0.15) is 5.75 Å². The molecule has 0 heterocycles. The summed E-state index contributed by atoms with van der Waals surface area (Å²) in [4.78, 5) is 13.0. The van der Waals surface area contributed by atoms with E-state index in [1.807, 2.05) is 24.3 Å². The zero-order valence-electron chi connectivity index (χ0n) is 20.6. The van der Waals surface area contributed by atoms with Crippen LogP contribution in [0.3, 0.4) is 0 Å². The second-order valence-corrected chi connectivity index (χ2v) is 10.4. The van der Waals surface area contributed by atoms with Crippen molar-refractivity contribution in [2.75, 3.05) is 13.7 Å². The Labute approximate surface area is 203 Å². The number of ether oxygens (including phenoxy) is 1. The van der Waals surface area contributed by atoms with Crippen LogP contribution in [0, 0.1) is 11.8 Å². The van der Waals surface area contributed by atoms with Crippen LogP contribution in [-0.2, 0) is 18.3 Å². The van der Waals surface area contributed by atoms with Crippen molar-refractivity contribution >= 4 is 5.91 Å². The van der Waals surface area contributed by atoms with E-state index in [0.29, 0.717) is 12.5 Å². The maximum atomic E-state index is 13.0. The molecule has 1 fully saturated rings. The zero-order valence-corrected chi connectivity index (χ0v) is 20.6. The van der Waals surface area contributed by atoms with Crippen LogP contribution in [0.5, 0.6) is 5.75 Å². The Bertz CT molecular complexity index is 1180. The second-order valence-electron chi connectivity index (χ2n) is 10.4. The highest BCUT2D eigenvalue weighted by Gasteiger charge is 2.45. The lowest BCUT2D eigenvalue weighted by atomic mass is 9.54. The summed E-state index contributed by atoms with van der Waals surface area (Å²) in [5.74, 6) is 2.37. The van der Waals surface area contributed by atoms with Crippen molar-refractivity contribution in [2.24, 2.45) is 11.8 Å². The van der Waals surface area contributed by atoms with E-state index in [4.69, 9.17) is 4.74 Å². The largest absolute Gasteiger partial charge is 0.497 e. The van der Waals surface area contributed by atoms with Gasteiger partial charge in [-0.2, -0.15) is 0 Å². The molecule has 3 aromatic carbocycles. The standard InChI is InChI=1S/C31H35NO2/c1-21-24-7-5-16-31(21,2)29-20-27(14-13-26(29)18-24)30(33)32-17-15-22-9-11-23(12-10-22)25-6-4-8-28(19-25)34-3/h4,6,8-14,19-21,24H,5,7,15-18H2,1-3H3,(H,32,33)/t21-,24+,31-/m0/s1. The molecule has 3 heteroatoms. The number of benzene rings is 3. The van der Waals surface area contributed by atoms with Gasteiger partial charge < -0.3 is 10.1 Å². The molecule has 3 aromatic rings. The van der Waals surface area contributed by atoms with Gasteiger partial charge in [-0.1, -0.05) is 62.7 Å². The Hall–Kier alpha value is -3.07. The van der Waals surface area contributed by atoms with E-state index in [1.54, 1.807) is 7.11 Å². The summed E-state index contributed by atoms with van der Waals surface area (Å²) >= 11 is 0. The van der Waals surface area contributed by atoms with Crippen LogP contribution in [0.1, 0.15) is 60.2 Å². The number of amides is 1. The van der Waals surface area contributed by atoms with Gasteiger partial charge in [0.25, 0.3) is 5.91 Å². The van der Waals surface area contributed by atoms with Gasteiger partial charge in [-0.05, 0) is 95.0 Å². The summed E-state index contributed by atoms with van der Waals surface area (Å²) in [6.07, 6.45) is 5.86. The monoisotopic (exact) mass is 453 g/mol. The number of hydrogen-bond donors (Lipinski definition) is 1. The van der Waals surface area contributed by atoms with E-state index in [-0.39, 0.29) is 11.3 Å². The molecule has 5 rings (SSSR count). The van der Waals surface area contributed by atoms with Crippen LogP contribution in [0.4, 0.5) is 0 Å². The number of hydrogen-bond acceptors (Lipinski definition) is 2. The molecule has 176 valence electrons. The summed E-state index contributed by atoms with van der Waals surface area (Å²) < 4.78 is 5.33. The molecular formula is C31H35NO2. The molecule has 1 amide bonds. The third kappa shape index (κ3) is 4.24. The SMILES string of the molecule is COc1cccc(-c2ccc(CCNC(=O)c3ccc4c(c3)[C@@]3(C)CCC[C@H](C4)[C@@H]3C)cc2)c1. The zero-order chi connectivity index (χ0) is 23.7. The first kappa shape index (κ1) is 22.7. The van der Waals surface area contributed by atoms with Crippen LogP contribution in [0.2, 0.25) is 0 Å². The highest BCUT2D eigenvalue weighted by atomic mass is 16.5. The average molecular weight is 454 g/mol. The summed E-state index contributed by atoms with van der Waals surface area (Å²) in [7, 11) is 1.69. The van der Waals surface area contributed by atoms with Crippen molar-refractivity contribution < 1.29 is 9.53 Å². The minimum Gasteiger partial charge on any atom is -0.497 e. The van der Waals surface area contributed by atoms with E-state index < -0.39 is 0 Å². The molecule has 3 atom stereocenters. The molecule has 3 nitrogen and oxygen atoms in total. The van der Waals surface area contributed by atoms with Crippen LogP contribution >= 0.6 is 0 Å². The van der Waals surface area contributed by atoms with Gasteiger partial charge >= 0.3 is 0 Å². The molecule has 0 radical (unpaired) electrons. The predicted molar refractivity (Wildman–Crippen MR) is 138 cm³/mol. The van der Waals surface area contributed by atoms with Gasteiger partial charge in [-0.15, -0.1) is 0 Å². The van der Waals surface area contributed by atoms with Crippen molar-refractivity contribution in [3.8, 4) is 16.9 Å². The Kier molecular flexibility index (Phi) is 6.20. The summed E-state index contributed by atoms with van der Waals surface area (Å²) in [5, 5.41) is 3.14. The Morgan fingerprint density at radius 2 is 1.88 bits per heavy atom. The highest BCUT2D eigenvalue weighted by Crippen LogP contribution is 2.52. The van der Waals surface area contributed by atoms with Crippen LogP contribution in [-0.4, -0.2) is 19.6 Å². The average Bonchev–Trinajstić information content (AvgIpc) is 2.86. The number of methoxy groups -OCH3 is 1. The van der Waals surface area contributed by atoms with E-state index in [0.717, 1.165) is 34.8 Å². The van der Waals surface area contributed by atoms with Gasteiger partial charge in [0.15, 0.2) is 0 Å². The van der Waals surface area contributed by atoms with E-state index in [1.165, 1.54) is 42.4 Å². The highest BCUT2D eigenvalue weighted by molar-refractivity contribution is 5.94. The number of carbonyl (C=O) groups is 1. The molecule has 1 saturated carbocycles. The van der Waals surface area contributed by atoms with Crippen LogP contribution in [0.25, 0.3) is 11.1 Å². The van der Waals surface area contributed by atoms with Crippen molar-refractivity contribution in [3.63, 3.8) is 0 Å². The molecule has 2 bridgehead atoms. The molecule has 1 N–H and O–H groups in total. The minimum absolute atomic E-state index is 0.0324. The third-order valence-corrected chi connectivity index (χ3v) is 8.51. The van der Waals surface area contributed by atoms with Gasteiger partial charge in [-0.25, -0.2) is 0 Å². The molecule has 0 aliphatic heterocycles. The topological polar surface area (TPSA) is 38.3 Å². The number of rotatable bonds is 6. The van der Waals surface area contributed by atoms with Gasteiger partial charge in [-0.3, -0.25) is 4.79 Å². The molecule has 0 unspecified atom stereocenters. The van der Waals surface area contributed by atoms with Crippen molar-refractivity contribution in [3.05, 3.63) is 89.0 Å². The lowest BCUT2D eigenvalue weighted by Gasteiger charge is -2.50. The minimum atomic E-state index is 0.0324. The normalized spacial score (nSPS) is 23.1. The molecule has 34 heavy (non-hydrogen) atoms. The van der Waals surface area contributed by atoms with Crippen LogP contribution in [0.15, 0.2) is 66.7 Å². The number of nitrogens with one attached hydrogen (secondary N) is 1. The maximum absolute atomic E-state index is 13.0. The smallest absolute Gasteiger partial charge is 0.251 e. The van der Waals surface area contributed by atoms with Crippen LogP contribution < -0.4 is 10.1 Å². The lowest BCUT2D eigenvalue weighted by molar-refractivity contribution is 0.0952. The van der Waals surface area contributed by atoms with Gasteiger partial charge in [0, 0.05) is 12.1 Å². The Morgan fingerprint density at radius 1 is 1.06 bits per heavy atom. The first-order chi connectivity index (χ1) is 16.5. The van der Waals surface area contributed by atoms with E-state index >= 15 is 0 Å². The molecule has 0 spiro atoms. The summed E-state index contributed by atoms with van der Waals surface area (Å²) in [6.45, 7) is 5.46. The molecule has 2 aliphatic rings. The van der Waals surface area contributed by atoms with Gasteiger partial charge in [0.05, 0.1) is 7.11 Å². The van der Waals surface area contributed by atoms with Crippen molar-refractivity contribution in [1.29, 1.82) is 0 Å². The molecular weight excluding hydrogens is 418 g/mol. The Morgan fingerprint density at radius 3 is 2.68 bits per heavy atom. The predicted octanol–water partition coefficient (Wildman–Crippen LogP) is 6.58. The second kappa shape index (κ2) is 9.29. The first-order valence-electron chi connectivity index (χ1n) is 12.6. The summed E-state index contributed by atoms with van der Waals surface area (Å²) in [5.41, 5.74) is 7.38. The van der Waals surface area contributed by atoms with Gasteiger partial charge in [0.2, 0.25) is 0 Å². The van der Waals surface area contributed by atoms with E-state index in [9.17, 15) is 4.79 Å². The first-order valence-corrected chi connectivity index (χ1v) is 12.6. The molecule has 0 aromatic heterocycles. The fraction of sp³-hybridized carbons (Fsp3) is 0.387. The fourth-order valence-electron chi connectivity index (χ4n) is 6.19. The van der Waals surface area contributed by atoms with E-state index in [2.05, 4.69) is 61.6 Å². The molecule has 2 aliphatic carbocycles. The molecule has 0 saturated heterocycles. The van der Waals surface area contributed by atoms with Crippen molar-refractivity contribution in [2.45, 2.75) is 51.4 Å². The number of fused-ring (bicyclic) bond motifs is 4. The lowest BCUT2D eigenvalue weighted by Crippen LogP contribution is -2.44. The number of carbonyl (C=O) groups excluding carboxylic acids is 1. The third-order valence-electron chi connectivity index (χ3n) is 8.51. The quantitative estimate of drug-likeness (QED) is 0.457. The Balaban J connectivity index is 1.22. The fourth-order valence-corrected chi connectivity index (χ4v) is 6.19. The maximum Gasteiger partial charge on any atom is 0.251 e.